The number of carbonyl (C=O) groups excluding carboxylic acids is 1. The van der Waals surface area contributed by atoms with Crippen molar-refractivity contribution in [3.05, 3.63) is 0 Å². The van der Waals surface area contributed by atoms with Crippen LogP contribution in [-0.2, 0) is 9.53 Å². The van der Waals surface area contributed by atoms with Crippen LogP contribution in [0.3, 0.4) is 0 Å². The molecule has 0 aliphatic heterocycles. The zero-order valence-corrected chi connectivity index (χ0v) is 12.9. The lowest BCUT2D eigenvalue weighted by atomic mass is 9.99. The molecule has 0 atom stereocenters. The first-order valence-electron chi connectivity index (χ1n) is 7.66. The summed E-state index contributed by atoms with van der Waals surface area (Å²) in [7, 11) is 0. The quantitative estimate of drug-likeness (QED) is 0.737. The van der Waals surface area contributed by atoms with Crippen molar-refractivity contribution in [3.8, 4) is 0 Å². The second-order valence-corrected chi connectivity index (χ2v) is 5.84. The Morgan fingerprint density at radius 3 is 1.79 bits per heavy atom. The number of rotatable bonds is 1. The lowest BCUT2D eigenvalue weighted by Crippen LogP contribution is -2.32. The van der Waals surface area contributed by atoms with Gasteiger partial charge in [-0.3, -0.25) is 10.1 Å². The molecule has 0 spiro atoms. The predicted octanol–water partition coefficient (Wildman–Crippen LogP) is 4.10. The summed E-state index contributed by atoms with van der Waals surface area (Å²) in [5, 5.41) is 2.79. The van der Waals surface area contributed by atoms with Crippen LogP contribution in [0, 0.1) is 0 Å². The number of carbonyl (C=O) groups is 1. The van der Waals surface area contributed by atoms with Crippen molar-refractivity contribution in [2.75, 3.05) is 0 Å². The molecule has 3 nitrogen and oxygen atoms in total. The normalized spacial score (nSPS) is 19.8. The second kappa shape index (κ2) is 10.2. The molecule has 19 heavy (non-hydrogen) atoms. The van der Waals surface area contributed by atoms with Crippen LogP contribution in [0.1, 0.15) is 77.6 Å². The first kappa shape index (κ1) is 16.4. The fraction of sp³-hybridized carbons (Fsp3) is 0.867. The van der Waals surface area contributed by atoms with E-state index < -0.39 is 0 Å². The second-order valence-electron chi connectivity index (χ2n) is 5.47. The van der Waals surface area contributed by atoms with Crippen molar-refractivity contribution in [2.45, 2.75) is 83.7 Å². The molecule has 0 heterocycles. The van der Waals surface area contributed by atoms with Gasteiger partial charge in [-0.25, -0.2) is 0 Å². The Morgan fingerprint density at radius 1 is 0.947 bits per heavy atom. The van der Waals surface area contributed by atoms with Gasteiger partial charge in [0.1, 0.15) is 6.10 Å². The number of hydrogen-bond acceptors (Lipinski definition) is 3. The van der Waals surface area contributed by atoms with Crippen LogP contribution in [0.2, 0.25) is 0 Å². The van der Waals surface area contributed by atoms with Gasteiger partial charge in [0, 0.05) is 6.92 Å². The van der Waals surface area contributed by atoms with Crippen molar-refractivity contribution in [1.29, 1.82) is 0 Å². The minimum atomic E-state index is -0.154. The summed E-state index contributed by atoms with van der Waals surface area (Å²) in [5.41, 5.74) is 0. The molecule has 0 unspecified atom stereocenters. The minimum absolute atomic E-state index is 0.154. The number of hydrogen-bond donors (Lipinski definition) is 1. The molecule has 110 valence electrons. The number of ether oxygens (including phenoxy) is 1. The van der Waals surface area contributed by atoms with Gasteiger partial charge in [0.25, 0.3) is 5.17 Å². The van der Waals surface area contributed by atoms with Crippen LogP contribution >= 0.6 is 12.2 Å². The van der Waals surface area contributed by atoms with Gasteiger partial charge >= 0.3 is 0 Å². The maximum atomic E-state index is 10.9. The van der Waals surface area contributed by atoms with Gasteiger partial charge in [-0.1, -0.05) is 44.9 Å². The molecule has 1 rings (SSSR count). The third-order valence-corrected chi connectivity index (χ3v) is 3.80. The molecule has 1 N–H and O–H groups in total. The van der Waals surface area contributed by atoms with E-state index in [1.54, 1.807) is 0 Å². The summed E-state index contributed by atoms with van der Waals surface area (Å²) in [6, 6.07) is 0. The van der Waals surface area contributed by atoms with Crippen LogP contribution in [0.5, 0.6) is 0 Å². The third-order valence-electron chi connectivity index (χ3n) is 3.60. The van der Waals surface area contributed by atoms with E-state index in [4.69, 9.17) is 17.0 Å². The first-order valence-corrected chi connectivity index (χ1v) is 8.07. The molecule has 0 aromatic heterocycles. The molecule has 1 aliphatic carbocycles. The molecule has 1 amide bonds. The highest BCUT2D eigenvalue weighted by atomic mass is 32.1. The van der Waals surface area contributed by atoms with E-state index in [1.807, 2.05) is 0 Å². The lowest BCUT2D eigenvalue weighted by Gasteiger charge is -2.20. The van der Waals surface area contributed by atoms with E-state index in [1.165, 1.54) is 64.7 Å². The molecule has 0 aromatic carbocycles. The maximum absolute atomic E-state index is 10.9. The van der Waals surface area contributed by atoms with Crippen molar-refractivity contribution >= 4 is 23.3 Å². The molecular weight excluding hydrogens is 258 g/mol. The first-order chi connectivity index (χ1) is 9.18. The standard InChI is InChI=1S/C15H27NO2S/c1-13(17)16-15(19)18-14-11-9-7-5-3-2-4-6-8-10-12-14/h14H,2-12H2,1H3,(H,16,17,19). The Balaban J connectivity index is 2.33. The highest BCUT2D eigenvalue weighted by Crippen LogP contribution is 2.18. The molecule has 0 saturated heterocycles. The predicted molar refractivity (Wildman–Crippen MR) is 82.1 cm³/mol. The van der Waals surface area contributed by atoms with Gasteiger partial charge in [0.05, 0.1) is 0 Å². The zero-order chi connectivity index (χ0) is 13.9. The Kier molecular flexibility index (Phi) is 8.80. The number of nitrogens with one attached hydrogen (secondary N) is 1. The van der Waals surface area contributed by atoms with Crippen molar-refractivity contribution in [1.82, 2.24) is 5.32 Å². The average molecular weight is 285 g/mol. The Morgan fingerprint density at radius 2 is 1.37 bits per heavy atom. The summed E-state index contributed by atoms with van der Waals surface area (Å²) >= 11 is 5.04. The van der Waals surface area contributed by atoms with Crippen molar-refractivity contribution < 1.29 is 9.53 Å². The number of thiocarbonyl (C=S) groups is 1. The maximum Gasteiger partial charge on any atom is 0.263 e. The summed E-state index contributed by atoms with van der Waals surface area (Å²) in [4.78, 5) is 10.9. The largest absolute Gasteiger partial charge is 0.467 e. The minimum Gasteiger partial charge on any atom is -0.467 e. The van der Waals surface area contributed by atoms with E-state index in [-0.39, 0.29) is 17.2 Å². The van der Waals surface area contributed by atoms with Gasteiger partial charge in [0.15, 0.2) is 0 Å². The zero-order valence-electron chi connectivity index (χ0n) is 12.1. The van der Waals surface area contributed by atoms with Gasteiger partial charge in [-0.15, -0.1) is 0 Å². The lowest BCUT2D eigenvalue weighted by molar-refractivity contribution is -0.117. The van der Waals surface area contributed by atoms with E-state index in [0.29, 0.717) is 0 Å². The monoisotopic (exact) mass is 285 g/mol. The summed E-state index contributed by atoms with van der Waals surface area (Å²) in [6.45, 7) is 1.46. The van der Waals surface area contributed by atoms with Crippen molar-refractivity contribution in [3.63, 3.8) is 0 Å². The molecule has 0 aromatic rings. The van der Waals surface area contributed by atoms with Crippen molar-refractivity contribution in [2.24, 2.45) is 0 Å². The van der Waals surface area contributed by atoms with E-state index in [0.717, 1.165) is 12.8 Å². The SMILES string of the molecule is CC(=O)NC(=S)OC1CCCCCCCCCCC1. The molecule has 0 bridgehead atoms. The van der Waals surface area contributed by atoms with Crippen LogP contribution in [-0.4, -0.2) is 17.2 Å². The van der Waals surface area contributed by atoms with Gasteiger partial charge in [-0.05, 0) is 37.9 Å². The van der Waals surface area contributed by atoms with Gasteiger partial charge < -0.3 is 4.74 Å². The van der Waals surface area contributed by atoms with Gasteiger partial charge in [-0.2, -0.15) is 0 Å². The molecule has 1 fully saturated rings. The van der Waals surface area contributed by atoms with Crippen LogP contribution in [0.25, 0.3) is 0 Å². The third kappa shape index (κ3) is 8.98. The fourth-order valence-corrected chi connectivity index (χ4v) is 2.85. The molecule has 0 radical (unpaired) electrons. The number of amides is 1. The topological polar surface area (TPSA) is 38.3 Å². The molecule has 1 saturated carbocycles. The summed E-state index contributed by atoms with van der Waals surface area (Å²) in [6.07, 6.45) is 14.1. The summed E-state index contributed by atoms with van der Waals surface area (Å²) in [5.74, 6) is -0.154. The average Bonchev–Trinajstić information content (AvgIpc) is 2.31. The Bertz CT molecular complexity index is 269. The highest BCUT2D eigenvalue weighted by Gasteiger charge is 2.13. The van der Waals surface area contributed by atoms with E-state index in [9.17, 15) is 4.79 Å². The van der Waals surface area contributed by atoms with Crippen LogP contribution < -0.4 is 5.32 Å². The fourth-order valence-electron chi connectivity index (χ4n) is 2.57. The Labute approximate surface area is 122 Å². The summed E-state index contributed by atoms with van der Waals surface area (Å²) < 4.78 is 5.71. The van der Waals surface area contributed by atoms with Gasteiger partial charge in [0.2, 0.25) is 5.91 Å². The van der Waals surface area contributed by atoms with E-state index >= 15 is 0 Å². The van der Waals surface area contributed by atoms with Crippen LogP contribution in [0.15, 0.2) is 0 Å². The molecule has 1 aliphatic rings. The van der Waals surface area contributed by atoms with E-state index in [2.05, 4.69) is 5.32 Å². The smallest absolute Gasteiger partial charge is 0.263 e. The Hall–Kier alpha value is -0.640. The molecule has 4 heteroatoms. The molecular formula is C15H27NO2S. The van der Waals surface area contributed by atoms with Crippen LogP contribution in [0.4, 0.5) is 0 Å². The highest BCUT2D eigenvalue weighted by molar-refractivity contribution is 7.80.